The molecule has 24 heavy (non-hydrogen) atoms. The van der Waals surface area contributed by atoms with Crippen LogP contribution < -0.4 is 10.2 Å². The first-order valence-electron chi connectivity index (χ1n) is 8.10. The van der Waals surface area contributed by atoms with Gasteiger partial charge in [0.05, 0.1) is 29.4 Å². The maximum atomic E-state index is 6.49. The van der Waals surface area contributed by atoms with Gasteiger partial charge < -0.3 is 15.0 Å². The molecule has 1 aliphatic heterocycles. The second-order valence-corrected chi connectivity index (χ2v) is 7.00. The fourth-order valence-electron chi connectivity index (χ4n) is 3.33. The molecular formula is C19H22Cl2N2O. The van der Waals surface area contributed by atoms with E-state index >= 15 is 0 Å². The summed E-state index contributed by atoms with van der Waals surface area (Å²) in [6, 6.07) is 14.7. The highest BCUT2D eigenvalue weighted by atomic mass is 35.5. The van der Waals surface area contributed by atoms with Crippen LogP contribution in [0.5, 0.6) is 0 Å². The van der Waals surface area contributed by atoms with E-state index < -0.39 is 0 Å². The Balaban J connectivity index is 2.02. The molecule has 0 radical (unpaired) electrons. The molecule has 1 heterocycles. The van der Waals surface area contributed by atoms with Gasteiger partial charge in [0, 0.05) is 25.2 Å². The summed E-state index contributed by atoms with van der Waals surface area (Å²) in [4.78, 5) is 2.35. The summed E-state index contributed by atoms with van der Waals surface area (Å²) in [6.45, 7) is 4.50. The number of piperazine rings is 1. The fourth-order valence-corrected chi connectivity index (χ4v) is 3.85. The Kier molecular flexibility index (Phi) is 5.67. The third kappa shape index (κ3) is 3.70. The molecule has 2 atom stereocenters. The molecule has 1 fully saturated rings. The van der Waals surface area contributed by atoms with Crippen molar-refractivity contribution >= 4 is 28.9 Å². The van der Waals surface area contributed by atoms with Crippen LogP contribution in [-0.4, -0.2) is 32.8 Å². The van der Waals surface area contributed by atoms with Gasteiger partial charge in [-0.05, 0) is 30.7 Å². The average Bonchev–Trinajstić information content (AvgIpc) is 2.56. The lowest BCUT2D eigenvalue weighted by Gasteiger charge is -2.44. The number of methoxy groups -OCH3 is 1. The van der Waals surface area contributed by atoms with Crippen LogP contribution in [0.4, 0.5) is 5.69 Å². The third-order valence-electron chi connectivity index (χ3n) is 4.46. The standard InChI is InChI=1S/C19H22Cl2N2O/c1-13-3-5-14(6-4-13)19-17(12-24-2)22-9-10-23(19)18-8-7-15(20)11-16(18)21/h3-8,11,17,19,22H,9-10,12H2,1-2H3/t17-,19+/m1/s1. The van der Waals surface area contributed by atoms with Crippen molar-refractivity contribution in [3.63, 3.8) is 0 Å². The van der Waals surface area contributed by atoms with E-state index in [1.165, 1.54) is 11.1 Å². The molecule has 5 heteroatoms. The molecule has 1 N–H and O–H groups in total. The average molecular weight is 365 g/mol. The summed E-state index contributed by atoms with van der Waals surface area (Å²) in [7, 11) is 1.74. The van der Waals surface area contributed by atoms with Gasteiger partial charge in [-0.2, -0.15) is 0 Å². The SMILES string of the molecule is COC[C@H]1NCCN(c2ccc(Cl)cc2Cl)[C@H]1c1ccc(C)cc1. The van der Waals surface area contributed by atoms with Gasteiger partial charge in [-0.25, -0.2) is 0 Å². The molecule has 0 spiro atoms. The molecule has 3 rings (SSSR count). The summed E-state index contributed by atoms with van der Waals surface area (Å²) in [5, 5.41) is 4.91. The number of hydrogen-bond donors (Lipinski definition) is 1. The van der Waals surface area contributed by atoms with Gasteiger partial charge in [-0.3, -0.25) is 0 Å². The molecule has 0 aliphatic carbocycles. The number of nitrogens with zero attached hydrogens (tertiary/aromatic N) is 1. The minimum absolute atomic E-state index is 0.151. The van der Waals surface area contributed by atoms with Gasteiger partial charge in [0.2, 0.25) is 0 Å². The predicted octanol–water partition coefficient (Wildman–Crippen LogP) is 4.47. The number of nitrogens with one attached hydrogen (secondary N) is 1. The van der Waals surface area contributed by atoms with Crippen LogP contribution in [0.15, 0.2) is 42.5 Å². The van der Waals surface area contributed by atoms with Crippen LogP contribution in [-0.2, 0) is 4.74 Å². The van der Waals surface area contributed by atoms with Crippen molar-refractivity contribution in [3.05, 3.63) is 63.6 Å². The minimum atomic E-state index is 0.151. The lowest BCUT2D eigenvalue weighted by Crippen LogP contribution is -2.54. The second-order valence-electron chi connectivity index (χ2n) is 6.16. The highest BCUT2D eigenvalue weighted by molar-refractivity contribution is 6.36. The Morgan fingerprint density at radius 3 is 2.58 bits per heavy atom. The van der Waals surface area contributed by atoms with Gasteiger partial charge in [0.1, 0.15) is 0 Å². The van der Waals surface area contributed by atoms with Crippen molar-refractivity contribution in [1.82, 2.24) is 5.32 Å². The normalized spacial score (nSPS) is 21.1. The summed E-state index contributed by atoms with van der Waals surface area (Å²) < 4.78 is 5.45. The molecular weight excluding hydrogens is 343 g/mol. The number of benzene rings is 2. The molecule has 0 unspecified atom stereocenters. The molecule has 0 saturated carbocycles. The van der Waals surface area contributed by atoms with Crippen LogP contribution in [0, 0.1) is 6.92 Å². The van der Waals surface area contributed by atoms with E-state index in [1.54, 1.807) is 13.2 Å². The predicted molar refractivity (Wildman–Crippen MR) is 101 cm³/mol. The largest absolute Gasteiger partial charge is 0.383 e. The van der Waals surface area contributed by atoms with Crippen LogP contribution in [0.3, 0.4) is 0 Å². The number of halogens is 2. The molecule has 2 aromatic rings. The number of hydrogen-bond acceptors (Lipinski definition) is 3. The molecule has 2 aromatic carbocycles. The maximum Gasteiger partial charge on any atom is 0.0719 e. The lowest BCUT2D eigenvalue weighted by atomic mass is 9.94. The van der Waals surface area contributed by atoms with Gasteiger partial charge in [0.25, 0.3) is 0 Å². The van der Waals surface area contributed by atoms with E-state index in [0.717, 1.165) is 18.8 Å². The van der Waals surface area contributed by atoms with Crippen molar-refractivity contribution < 1.29 is 4.74 Å². The number of anilines is 1. The molecule has 0 aromatic heterocycles. The Bertz CT molecular complexity index is 688. The van der Waals surface area contributed by atoms with E-state index in [2.05, 4.69) is 41.4 Å². The zero-order valence-electron chi connectivity index (χ0n) is 13.9. The molecule has 0 amide bonds. The van der Waals surface area contributed by atoms with E-state index in [1.807, 2.05) is 12.1 Å². The first-order valence-corrected chi connectivity index (χ1v) is 8.86. The monoisotopic (exact) mass is 364 g/mol. The highest BCUT2D eigenvalue weighted by Gasteiger charge is 2.33. The maximum absolute atomic E-state index is 6.49. The number of rotatable bonds is 4. The summed E-state index contributed by atoms with van der Waals surface area (Å²) in [5.74, 6) is 0. The zero-order valence-corrected chi connectivity index (χ0v) is 15.4. The van der Waals surface area contributed by atoms with E-state index in [0.29, 0.717) is 16.7 Å². The fraction of sp³-hybridized carbons (Fsp3) is 0.368. The Morgan fingerprint density at radius 2 is 1.92 bits per heavy atom. The first-order chi connectivity index (χ1) is 11.6. The van der Waals surface area contributed by atoms with Gasteiger partial charge in [0.15, 0.2) is 0 Å². The van der Waals surface area contributed by atoms with Crippen molar-refractivity contribution in [1.29, 1.82) is 0 Å². The van der Waals surface area contributed by atoms with Crippen LogP contribution in [0.25, 0.3) is 0 Å². The number of ether oxygens (including phenoxy) is 1. The Morgan fingerprint density at radius 1 is 1.17 bits per heavy atom. The zero-order chi connectivity index (χ0) is 17.1. The van der Waals surface area contributed by atoms with E-state index in [4.69, 9.17) is 27.9 Å². The minimum Gasteiger partial charge on any atom is -0.383 e. The Labute approximate surface area is 153 Å². The summed E-state index contributed by atoms with van der Waals surface area (Å²) in [6.07, 6.45) is 0. The van der Waals surface area contributed by atoms with Crippen molar-refractivity contribution in [2.75, 3.05) is 31.7 Å². The topological polar surface area (TPSA) is 24.5 Å². The molecule has 1 aliphatic rings. The quantitative estimate of drug-likeness (QED) is 0.865. The lowest BCUT2D eigenvalue weighted by molar-refractivity contribution is 0.146. The molecule has 0 bridgehead atoms. The number of aryl methyl sites for hydroxylation is 1. The van der Waals surface area contributed by atoms with Gasteiger partial charge in [-0.1, -0.05) is 53.0 Å². The van der Waals surface area contributed by atoms with E-state index in [9.17, 15) is 0 Å². The van der Waals surface area contributed by atoms with E-state index in [-0.39, 0.29) is 12.1 Å². The first kappa shape index (κ1) is 17.6. The molecule has 3 nitrogen and oxygen atoms in total. The Hall–Kier alpha value is -1.26. The molecule has 1 saturated heterocycles. The third-order valence-corrected chi connectivity index (χ3v) is 5.00. The van der Waals surface area contributed by atoms with Crippen molar-refractivity contribution in [2.45, 2.75) is 19.0 Å². The smallest absolute Gasteiger partial charge is 0.0719 e. The van der Waals surface area contributed by atoms with Gasteiger partial charge in [-0.15, -0.1) is 0 Å². The molecule has 128 valence electrons. The van der Waals surface area contributed by atoms with Crippen LogP contribution in [0.1, 0.15) is 17.2 Å². The van der Waals surface area contributed by atoms with Gasteiger partial charge >= 0.3 is 0 Å². The highest BCUT2D eigenvalue weighted by Crippen LogP contribution is 2.37. The summed E-state index contributed by atoms with van der Waals surface area (Å²) >= 11 is 12.6. The van der Waals surface area contributed by atoms with Crippen LogP contribution >= 0.6 is 23.2 Å². The van der Waals surface area contributed by atoms with Crippen molar-refractivity contribution in [2.24, 2.45) is 0 Å². The summed E-state index contributed by atoms with van der Waals surface area (Å²) in [5.41, 5.74) is 3.51. The van der Waals surface area contributed by atoms with Crippen molar-refractivity contribution in [3.8, 4) is 0 Å². The second kappa shape index (κ2) is 7.75. The van der Waals surface area contributed by atoms with Crippen LogP contribution in [0.2, 0.25) is 10.0 Å².